The third kappa shape index (κ3) is 14.8. The van der Waals surface area contributed by atoms with Gasteiger partial charge in [-0.2, -0.15) is 0 Å². The highest BCUT2D eigenvalue weighted by atomic mass is 16.2. The summed E-state index contributed by atoms with van der Waals surface area (Å²) in [4.78, 5) is 30.8. The van der Waals surface area contributed by atoms with Gasteiger partial charge in [0.15, 0.2) is 0 Å². The van der Waals surface area contributed by atoms with Crippen LogP contribution in [-0.4, -0.2) is 60.9 Å². The molecule has 6 nitrogen and oxygen atoms in total. The zero-order chi connectivity index (χ0) is 34.2. The Kier molecular flexibility index (Phi) is 17.7. The molecule has 0 radical (unpaired) electrons. The summed E-state index contributed by atoms with van der Waals surface area (Å²) in [7, 11) is 0. The fraction of sp³-hybridized carbons (Fsp3) is 0.395. The lowest BCUT2D eigenvalue weighted by molar-refractivity contribution is 0.0745. The second kappa shape index (κ2) is 23.2. The summed E-state index contributed by atoms with van der Waals surface area (Å²) in [6.45, 7) is 6.74. The van der Waals surface area contributed by atoms with Gasteiger partial charge in [0.1, 0.15) is 0 Å². The SMILES string of the molecule is O=C(c1ccccc1)N(CCCCCCCN(CCCCNCc1ccccc1)C(=O)c1ccccc1)CCCCNCc1ccccc1. The van der Waals surface area contributed by atoms with Crippen molar-refractivity contribution in [3.8, 4) is 0 Å². The summed E-state index contributed by atoms with van der Waals surface area (Å²) >= 11 is 0. The Balaban J connectivity index is 1.14. The van der Waals surface area contributed by atoms with Crippen LogP contribution >= 0.6 is 0 Å². The highest BCUT2D eigenvalue weighted by Gasteiger charge is 2.16. The summed E-state index contributed by atoms with van der Waals surface area (Å²) in [5.74, 6) is 0.256. The first-order chi connectivity index (χ1) is 24.2. The van der Waals surface area contributed by atoms with Crippen molar-refractivity contribution in [1.29, 1.82) is 0 Å². The number of nitrogens with one attached hydrogen (secondary N) is 2. The van der Waals surface area contributed by atoms with Crippen LogP contribution in [-0.2, 0) is 13.1 Å². The van der Waals surface area contributed by atoms with E-state index in [9.17, 15) is 9.59 Å². The van der Waals surface area contributed by atoms with Crippen LogP contribution in [0, 0.1) is 0 Å². The number of hydrogen-bond acceptors (Lipinski definition) is 4. The van der Waals surface area contributed by atoms with Gasteiger partial charge in [0.2, 0.25) is 0 Å². The molecule has 0 atom stereocenters. The Hall–Kier alpha value is -4.26. The highest BCUT2D eigenvalue weighted by molar-refractivity contribution is 5.94. The molecule has 0 unspecified atom stereocenters. The average Bonchev–Trinajstić information content (AvgIpc) is 3.16. The van der Waals surface area contributed by atoms with Crippen molar-refractivity contribution in [3.05, 3.63) is 144 Å². The largest absolute Gasteiger partial charge is 0.339 e. The molecule has 4 aromatic carbocycles. The molecule has 260 valence electrons. The monoisotopic (exact) mass is 660 g/mol. The minimum absolute atomic E-state index is 0.128. The average molecular weight is 661 g/mol. The molecule has 0 aromatic heterocycles. The second-order valence-corrected chi connectivity index (χ2v) is 12.8. The van der Waals surface area contributed by atoms with E-state index in [2.05, 4.69) is 59.2 Å². The minimum Gasteiger partial charge on any atom is -0.339 e. The second-order valence-electron chi connectivity index (χ2n) is 12.8. The van der Waals surface area contributed by atoms with Gasteiger partial charge in [0.25, 0.3) is 11.8 Å². The molecule has 2 amide bonds. The highest BCUT2D eigenvalue weighted by Crippen LogP contribution is 2.13. The number of unbranched alkanes of at least 4 members (excludes halogenated alkanes) is 6. The van der Waals surface area contributed by atoms with E-state index in [0.29, 0.717) is 0 Å². The third-order valence-corrected chi connectivity index (χ3v) is 8.88. The lowest BCUT2D eigenvalue weighted by Crippen LogP contribution is -2.33. The summed E-state index contributed by atoms with van der Waals surface area (Å²) < 4.78 is 0. The smallest absolute Gasteiger partial charge is 0.253 e. The van der Waals surface area contributed by atoms with Crippen LogP contribution in [0.5, 0.6) is 0 Å². The summed E-state index contributed by atoms with van der Waals surface area (Å²) in [6.07, 6.45) is 9.29. The number of carbonyl (C=O) groups excluding carboxylic acids is 2. The van der Waals surface area contributed by atoms with Gasteiger partial charge < -0.3 is 20.4 Å². The van der Waals surface area contributed by atoms with Crippen LogP contribution in [0.1, 0.15) is 89.6 Å². The molecule has 49 heavy (non-hydrogen) atoms. The van der Waals surface area contributed by atoms with Crippen molar-refractivity contribution in [2.75, 3.05) is 39.3 Å². The molecule has 0 spiro atoms. The van der Waals surface area contributed by atoms with Crippen LogP contribution < -0.4 is 10.6 Å². The molecular formula is C43H56N4O2. The van der Waals surface area contributed by atoms with Crippen molar-refractivity contribution >= 4 is 11.8 Å². The standard InChI is InChI=1S/C43H56N4O2/c48-42(40-26-12-6-13-27-40)46(34-20-16-30-44-36-38-22-8-4-9-23-38)32-18-2-1-3-19-33-47(43(49)41-28-14-7-15-29-41)35-21-17-31-45-37-39-24-10-5-11-25-39/h4-15,22-29,44-45H,1-3,16-21,30-37H2. The number of hydrogen-bond donors (Lipinski definition) is 2. The fourth-order valence-corrected chi connectivity index (χ4v) is 6.05. The molecule has 0 aliphatic carbocycles. The van der Waals surface area contributed by atoms with Crippen LogP contribution in [0.4, 0.5) is 0 Å². The van der Waals surface area contributed by atoms with Gasteiger partial charge in [-0.3, -0.25) is 9.59 Å². The van der Waals surface area contributed by atoms with Crippen LogP contribution in [0.3, 0.4) is 0 Å². The zero-order valence-corrected chi connectivity index (χ0v) is 29.3. The predicted molar refractivity (Wildman–Crippen MR) is 203 cm³/mol. The van der Waals surface area contributed by atoms with Gasteiger partial charge in [0.05, 0.1) is 0 Å². The zero-order valence-electron chi connectivity index (χ0n) is 29.3. The van der Waals surface area contributed by atoms with Gasteiger partial charge in [0, 0.05) is 50.4 Å². The lowest BCUT2D eigenvalue weighted by atomic mass is 10.1. The topological polar surface area (TPSA) is 64.7 Å². The van der Waals surface area contributed by atoms with Crippen molar-refractivity contribution in [3.63, 3.8) is 0 Å². The van der Waals surface area contributed by atoms with Gasteiger partial charge in [-0.15, -0.1) is 0 Å². The molecule has 0 aliphatic heterocycles. The van der Waals surface area contributed by atoms with Crippen LogP contribution in [0.2, 0.25) is 0 Å². The van der Waals surface area contributed by atoms with Gasteiger partial charge in [-0.25, -0.2) is 0 Å². The lowest BCUT2D eigenvalue weighted by Gasteiger charge is -2.24. The number of benzene rings is 4. The number of carbonyl (C=O) groups is 2. The first kappa shape index (κ1) is 37.6. The summed E-state index contributed by atoms with van der Waals surface area (Å²) in [5.41, 5.74) is 4.11. The van der Waals surface area contributed by atoms with E-state index in [1.165, 1.54) is 11.1 Å². The maximum Gasteiger partial charge on any atom is 0.253 e. The van der Waals surface area contributed by atoms with Crippen molar-refractivity contribution in [2.24, 2.45) is 0 Å². The molecule has 0 aliphatic rings. The summed E-state index contributed by atoms with van der Waals surface area (Å²) in [5, 5.41) is 7.05. The van der Waals surface area contributed by atoms with Crippen LogP contribution in [0.25, 0.3) is 0 Å². The molecule has 4 aromatic rings. The maximum absolute atomic E-state index is 13.4. The Labute approximate surface area is 294 Å². The quantitative estimate of drug-likeness (QED) is 0.0742. The Bertz CT molecular complexity index is 1320. The maximum atomic E-state index is 13.4. The Morgan fingerprint density at radius 1 is 0.388 bits per heavy atom. The van der Waals surface area contributed by atoms with Crippen LogP contribution in [0.15, 0.2) is 121 Å². The summed E-state index contributed by atoms with van der Waals surface area (Å²) in [6, 6.07) is 40.3. The van der Waals surface area contributed by atoms with E-state index < -0.39 is 0 Å². The molecule has 0 heterocycles. The molecular weight excluding hydrogens is 604 g/mol. The number of nitrogens with zero attached hydrogens (tertiary/aromatic N) is 2. The molecule has 0 saturated heterocycles. The van der Waals surface area contributed by atoms with E-state index >= 15 is 0 Å². The van der Waals surface area contributed by atoms with E-state index in [4.69, 9.17) is 0 Å². The number of amides is 2. The molecule has 6 heteroatoms. The van der Waals surface area contributed by atoms with E-state index in [-0.39, 0.29) is 11.8 Å². The Morgan fingerprint density at radius 3 is 1.06 bits per heavy atom. The van der Waals surface area contributed by atoms with Gasteiger partial charge >= 0.3 is 0 Å². The molecule has 2 N–H and O–H groups in total. The van der Waals surface area contributed by atoms with E-state index in [1.807, 2.05) is 82.6 Å². The molecule has 4 rings (SSSR count). The van der Waals surface area contributed by atoms with Crippen molar-refractivity contribution in [1.82, 2.24) is 20.4 Å². The van der Waals surface area contributed by atoms with Crippen molar-refractivity contribution < 1.29 is 9.59 Å². The van der Waals surface area contributed by atoms with Crippen molar-refractivity contribution in [2.45, 2.75) is 70.9 Å². The fourth-order valence-electron chi connectivity index (χ4n) is 6.05. The molecule has 0 saturated carbocycles. The van der Waals surface area contributed by atoms with Gasteiger partial charge in [-0.1, -0.05) is 116 Å². The first-order valence-electron chi connectivity index (χ1n) is 18.4. The Morgan fingerprint density at radius 2 is 0.694 bits per heavy atom. The predicted octanol–water partition coefficient (Wildman–Crippen LogP) is 8.36. The number of rotatable bonds is 24. The molecule has 0 bridgehead atoms. The molecule has 0 fully saturated rings. The van der Waals surface area contributed by atoms with E-state index in [0.717, 1.165) is 121 Å². The van der Waals surface area contributed by atoms with Gasteiger partial charge in [-0.05, 0) is 87.0 Å². The normalized spacial score (nSPS) is 10.9. The third-order valence-electron chi connectivity index (χ3n) is 8.88. The minimum atomic E-state index is 0.128. The first-order valence-corrected chi connectivity index (χ1v) is 18.4. The van der Waals surface area contributed by atoms with E-state index in [1.54, 1.807) is 0 Å².